The fourth-order valence-electron chi connectivity index (χ4n) is 2.30. The molecular weight excluding hydrogens is 309 g/mol. The minimum Gasteiger partial charge on any atom is -0.249 e. The highest BCUT2D eigenvalue weighted by molar-refractivity contribution is 14.1. The van der Waals surface area contributed by atoms with E-state index in [-0.39, 0.29) is 5.25 Å². The summed E-state index contributed by atoms with van der Waals surface area (Å²) in [6.45, 7) is 0. The molecule has 14 heavy (non-hydrogen) atoms. The van der Waals surface area contributed by atoms with Gasteiger partial charge in [0.05, 0.1) is 20.7 Å². The molecule has 2 heterocycles. The molecule has 3 rings (SSSR count). The van der Waals surface area contributed by atoms with Crippen LogP contribution in [0.5, 0.6) is 0 Å². The minimum atomic E-state index is -1.91. The van der Waals surface area contributed by atoms with E-state index >= 15 is 0 Å². The van der Waals surface area contributed by atoms with Gasteiger partial charge in [-0.2, -0.15) is 4.36 Å². The minimum absolute atomic E-state index is 0.231. The van der Waals surface area contributed by atoms with Crippen LogP contribution in [0.3, 0.4) is 0 Å². The first-order chi connectivity index (χ1) is 6.69. The van der Waals surface area contributed by atoms with Crippen LogP contribution in [0.2, 0.25) is 0 Å². The Labute approximate surface area is 97.4 Å². The number of hydrogen-bond donors (Lipinski definition) is 0. The van der Waals surface area contributed by atoms with Crippen molar-refractivity contribution < 1.29 is 4.21 Å². The Balaban J connectivity index is 2.27. The van der Waals surface area contributed by atoms with Crippen molar-refractivity contribution in [1.82, 2.24) is 0 Å². The molecule has 1 aromatic rings. The molecule has 74 valence electrons. The van der Waals surface area contributed by atoms with E-state index < -0.39 is 9.73 Å². The summed E-state index contributed by atoms with van der Waals surface area (Å²) >= 11 is 2.27. The first kappa shape index (κ1) is 9.15. The van der Waals surface area contributed by atoms with Gasteiger partial charge < -0.3 is 0 Å². The van der Waals surface area contributed by atoms with E-state index in [2.05, 4.69) is 39.1 Å². The highest BCUT2D eigenvalue weighted by atomic mass is 127. The summed E-state index contributed by atoms with van der Waals surface area (Å²) in [5.74, 6) is 0.795. The lowest BCUT2D eigenvalue weighted by atomic mass is 10.1. The zero-order chi connectivity index (χ0) is 9.76. The van der Waals surface area contributed by atoms with Gasteiger partial charge in [0.25, 0.3) is 0 Å². The highest BCUT2D eigenvalue weighted by Crippen LogP contribution is 2.47. The summed E-state index contributed by atoms with van der Waals surface area (Å²) in [7, 11) is -1.91. The zero-order valence-electron chi connectivity index (χ0n) is 7.57. The van der Waals surface area contributed by atoms with Crippen LogP contribution in [0.15, 0.2) is 22.6 Å². The first-order valence-corrected chi connectivity index (χ1v) is 7.55. The van der Waals surface area contributed by atoms with Crippen LogP contribution in [0.25, 0.3) is 0 Å². The van der Waals surface area contributed by atoms with Crippen molar-refractivity contribution in [2.45, 2.75) is 18.1 Å². The molecule has 0 aliphatic carbocycles. The third-order valence-corrected chi connectivity index (χ3v) is 6.37. The second-order valence-electron chi connectivity index (χ2n) is 3.82. The maximum Gasteiger partial charge on any atom is 0.0785 e. The molecule has 0 amide bonds. The van der Waals surface area contributed by atoms with Crippen LogP contribution < -0.4 is 0 Å². The number of benzene rings is 1. The number of nitrogens with zero attached hydrogens (tertiary/aromatic N) is 1. The van der Waals surface area contributed by atoms with Gasteiger partial charge in [0.15, 0.2) is 0 Å². The Morgan fingerprint density at radius 1 is 1.50 bits per heavy atom. The van der Waals surface area contributed by atoms with E-state index in [0.29, 0.717) is 0 Å². The van der Waals surface area contributed by atoms with E-state index in [0.717, 1.165) is 24.3 Å². The largest absolute Gasteiger partial charge is 0.249 e. The van der Waals surface area contributed by atoms with Gasteiger partial charge in [-0.05, 0) is 53.1 Å². The number of rotatable bonds is 0. The topological polar surface area (TPSA) is 29.4 Å². The van der Waals surface area contributed by atoms with Crippen molar-refractivity contribution in [3.8, 4) is 0 Å². The SMILES string of the molecule is O=S12=Nc3cc(I)ccc3C1CCC2. The summed E-state index contributed by atoms with van der Waals surface area (Å²) in [4.78, 5) is 0. The summed E-state index contributed by atoms with van der Waals surface area (Å²) in [5, 5.41) is 0.231. The van der Waals surface area contributed by atoms with Gasteiger partial charge in [-0.3, -0.25) is 0 Å². The van der Waals surface area contributed by atoms with Crippen LogP contribution in [0, 0.1) is 3.57 Å². The molecule has 4 heteroatoms. The van der Waals surface area contributed by atoms with Crippen molar-refractivity contribution in [2.24, 2.45) is 4.36 Å². The van der Waals surface area contributed by atoms with E-state index in [1.807, 2.05) is 6.07 Å². The second kappa shape index (κ2) is 2.95. The average Bonchev–Trinajstić information content (AvgIpc) is 2.57. The van der Waals surface area contributed by atoms with Gasteiger partial charge in [0.2, 0.25) is 0 Å². The summed E-state index contributed by atoms with van der Waals surface area (Å²) in [5.41, 5.74) is 2.19. The van der Waals surface area contributed by atoms with Crippen LogP contribution in [-0.2, 0) is 9.73 Å². The first-order valence-electron chi connectivity index (χ1n) is 4.72. The molecule has 2 nitrogen and oxygen atoms in total. The predicted octanol–water partition coefficient (Wildman–Crippen LogP) is 3.24. The smallest absolute Gasteiger partial charge is 0.0785 e. The fraction of sp³-hybridized carbons (Fsp3) is 0.400. The molecule has 2 unspecified atom stereocenters. The Bertz CT molecular complexity index is 517. The van der Waals surface area contributed by atoms with E-state index in [1.54, 1.807) is 0 Å². The van der Waals surface area contributed by atoms with Gasteiger partial charge in [-0.25, -0.2) is 4.21 Å². The number of halogens is 1. The van der Waals surface area contributed by atoms with Crippen LogP contribution in [-0.4, -0.2) is 9.96 Å². The van der Waals surface area contributed by atoms with Crippen molar-refractivity contribution in [3.05, 3.63) is 27.3 Å². The lowest BCUT2D eigenvalue weighted by Crippen LogP contribution is -2.01. The maximum absolute atomic E-state index is 12.3. The van der Waals surface area contributed by atoms with E-state index in [9.17, 15) is 4.21 Å². The van der Waals surface area contributed by atoms with Crippen LogP contribution in [0.1, 0.15) is 23.7 Å². The number of fused-ring (bicyclic) bond motifs is 3. The van der Waals surface area contributed by atoms with Gasteiger partial charge >= 0.3 is 0 Å². The van der Waals surface area contributed by atoms with E-state index in [4.69, 9.17) is 0 Å². The normalized spacial score (nSPS) is 33.6. The average molecular weight is 319 g/mol. The maximum atomic E-state index is 12.3. The zero-order valence-corrected chi connectivity index (χ0v) is 10.5. The van der Waals surface area contributed by atoms with E-state index in [1.165, 1.54) is 9.13 Å². The monoisotopic (exact) mass is 319 g/mol. The quantitative estimate of drug-likeness (QED) is 0.675. The van der Waals surface area contributed by atoms with Gasteiger partial charge in [-0.15, -0.1) is 0 Å². The molecule has 1 fully saturated rings. The van der Waals surface area contributed by atoms with Crippen molar-refractivity contribution in [3.63, 3.8) is 0 Å². The van der Waals surface area contributed by atoms with Crippen molar-refractivity contribution in [1.29, 1.82) is 0 Å². The second-order valence-corrected chi connectivity index (χ2v) is 7.60. The molecule has 0 radical (unpaired) electrons. The Kier molecular flexibility index (Phi) is 1.93. The molecule has 1 saturated heterocycles. The summed E-state index contributed by atoms with van der Waals surface area (Å²) in [6, 6.07) is 6.22. The van der Waals surface area contributed by atoms with Crippen LogP contribution >= 0.6 is 22.6 Å². The Morgan fingerprint density at radius 2 is 2.36 bits per heavy atom. The molecule has 0 saturated carbocycles. The molecule has 0 bridgehead atoms. The van der Waals surface area contributed by atoms with Crippen molar-refractivity contribution in [2.75, 3.05) is 5.75 Å². The third kappa shape index (κ3) is 1.16. The molecule has 0 N–H and O–H groups in total. The lowest BCUT2D eigenvalue weighted by Gasteiger charge is -2.05. The molecule has 0 aromatic heterocycles. The van der Waals surface area contributed by atoms with Gasteiger partial charge in [0, 0.05) is 9.32 Å². The molecular formula is C10H10INOS. The highest BCUT2D eigenvalue weighted by Gasteiger charge is 2.37. The van der Waals surface area contributed by atoms with Crippen molar-refractivity contribution >= 4 is 38.0 Å². The Hall–Kier alpha value is -0.100. The predicted molar refractivity (Wildman–Crippen MR) is 66.2 cm³/mol. The molecule has 1 aromatic carbocycles. The molecule has 2 aliphatic rings. The standard InChI is InChI=1S/C10H10INOS/c11-7-3-4-8-9(6-7)12-14(13)5-1-2-10(8)14/h3-4,6,10H,1-2,5H2. The number of hydrogen-bond acceptors (Lipinski definition) is 2. The van der Waals surface area contributed by atoms with Gasteiger partial charge in [0.1, 0.15) is 0 Å². The van der Waals surface area contributed by atoms with Gasteiger partial charge in [-0.1, -0.05) is 6.07 Å². The molecule has 2 aliphatic heterocycles. The summed E-state index contributed by atoms with van der Waals surface area (Å²) < 4.78 is 18.0. The third-order valence-electron chi connectivity index (χ3n) is 2.94. The summed E-state index contributed by atoms with van der Waals surface area (Å²) in [6.07, 6.45) is 2.12. The lowest BCUT2D eigenvalue weighted by molar-refractivity contribution is 0.675. The molecule has 0 spiro atoms. The Morgan fingerprint density at radius 3 is 3.21 bits per heavy atom. The fourth-order valence-corrected chi connectivity index (χ4v) is 5.48. The van der Waals surface area contributed by atoms with Crippen LogP contribution in [0.4, 0.5) is 5.69 Å². The molecule has 2 atom stereocenters.